The van der Waals surface area contributed by atoms with E-state index in [0.29, 0.717) is 6.54 Å². The molecule has 2 aliphatic rings. The van der Waals surface area contributed by atoms with Gasteiger partial charge in [-0.25, -0.2) is 4.39 Å². The van der Waals surface area contributed by atoms with Crippen molar-refractivity contribution in [3.8, 4) is 0 Å². The zero-order valence-corrected chi connectivity index (χ0v) is 11.9. The maximum atomic E-state index is 14.1. The van der Waals surface area contributed by atoms with Crippen molar-refractivity contribution in [1.29, 1.82) is 0 Å². The summed E-state index contributed by atoms with van der Waals surface area (Å²) >= 11 is 0. The average Bonchev–Trinajstić information content (AvgIpc) is 3.07. The van der Waals surface area contributed by atoms with Crippen molar-refractivity contribution in [2.75, 3.05) is 19.6 Å². The Labute approximate surface area is 123 Å². The number of hydrogen-bond acceptors (Lipinski definition) is 4. The predicted molar refractivity (Wildman–Crippen MR) is 77.9 cm³/mol. The van der Waals surface area contributed by atoms with E-state index in [9.17, 15) is 9.18 Å². The lowest BCUT2D eigenvalue weighted by atomic mass is 9.87. The molecule has 5 nitrogen and oxygen atoms in total. The molecule has 21 heavy (non-hydrogen) atoms. The van der Waals surface area contributed by atoms with Gasteiger partial charge in [0.05, 0.1) is 6.54 Å². The number of likely N-dealkylation sites (tertiary alicyclic amines) is 1. The van der Waals surface area contributed by atoms with Crippen LogP contribution in [-0.2, 0) is 4.79 Å². The van der Waals surface area contributed by atoms with Crippen LogP contribution in [0.15, 0.2) is 24.3 Å². The van der Waals surface area contributed by atoms with Gasteiger partial charge in [-0.1, -0.05) is 18.2 Å². The van der Waals surface area contributed by atoms with Gasteiger partial charge in [-0.15, -0.1) is 0 Å². The Hall–Kier alpha value is -1.50. The molecule has 0 spiro atoms. The Morgan fingerprint density at radius 2 is 2.24 bits per heavy atom. The highest BCUT2D eigenvalue weighted by Crippen LogP contribution is 2.32. The molecule has 0 bridgehead atoms. The van der Waals surface area contributed by atoms with Crippen LogP contribution in [0.1, 0.15) is 24.3 Å². The Kier molecular flexibility index (Phi) is 4.19. The summed E-state index contributed by atoms with van der Waals surface area (Å²) < 4.78 is 14.1. The number of hydrazine groups is 1. The molecule has 3 rings (SSSR count). The first-order valence-electron chi connectivity index (χ1n) is 7.42. The molecule has 1 aromatic rings. The van der Waals surface area contributed by atoms with Crippen LogP contribution in [0.25, 0.3) is 0 Å². The van der Waals surface area contributed by atoms with E-state index >= 15 is 0 Å². The number of amides is 1. The van der Waals surface area contributed by atoms with E-state index in [2.05, 4.69) is 15.8 Å². The standard InChI is InChI=1S/C15H21FN4O/c16-12-5-2-1-4-10(12)11-8-18-19-15(11)13-6-3-7-20(13)9-14(17)21/h1-2,4-5,11,13,15,18-19H,3,6-9H2,(H2,17,21). The van der Waals surface area contributed by atoms with Gasteiger partial charge in [0.15, 0.2) is 0 Å². The lowest BCUT2D eigenvalue weighted by molar-refractivity contribution is -0.119. The van der Waals surface area contributed by atoms with Gasteiger partial charge in [0, 0.05) is 24.5 Å². The molecule has 0 saturated carbocycles. The molecule has 3 unspecified atom stereocenters. The van der Waals surface area contributed by atoms with Crippen molar-refractivity contribution in [2.24, 2.45) is 5.73 Å². The Balaban J connectivity index is 1.80. The second-order valence-electron chi connectivity index (χ2n) is 5.83. The third-order valence-corrected chi connectivity index (χ3v) is 4.52. The second-order valence-corrected chi connectivity index (χ2v) is 5.83. The summed E-state index contributed by atoms with van der Waals surface area (Å²) in [5.41, 5.74) is 12.5. The fourth-order valence-electron chi connectivity index (χ4n) is 3.61. The Morgan fingerprint density at radius 1 is 1.43 bits per heavy atom. The molecule has 2 heterocycles. The van der Waals surface area contributed by atoms with Crippen LogP contribution in [-0.4, -0.2) is 42.5 Å². The minimum Gasteiger partial charge on any atom is -0.369 e. The quantitative estimate of drug-likeness (QED) is 0.748. The number of benzene rings is 1. The topological polar surface area (TPSA) is 70.4 Å². The first kappa shape index (κ1) is 14.4. The molecule has 114 valence electrons. The average molecular weight is 292 g/mol. The van der Waals surface area contributed by atoms with Crippen molar-refractivity contribution in [3.05, 3.63) is 35.6 Å². The summed E-state index contributed by atoms with van der Waals surface area (Å²) in [6.07, 6.45) is 2.04. The highest BCUT2D eigenvalue weighted by Gasteiger charge is 2.40. The normalized spacial score (nSPS) is 29.9. The molecular formula is C15H21FN4O. The number of carbonyl (C=O) groups is 1. The van der Waals surface area contributed by atoms with Crippen LogP contribution < -0.4 is 16.6 Å². The molecule has 2 saturated heterocycles. The van der Waals surface area contributed by atoms with Gasteiger partial charge >= 0.3 is 0 Å². The first-order valence-corrected chi connectivity index (χ1v) is 7.42. The lowest BCUT2D eigenvalue weighted by Crippen LogP contribution is -2.50. The van der Waals surface area contributed by atoms with Gasteiger partial charge in [-0.3, -0.25) is 20.5 Å². The summed E-state index contributed by atoms with van der Waals surface area (Å²) in [5.74, 6) is -0.419. The van der Waals surface area contributed by atoms with E-state index < -0.39 is 0 Å². The van der Waals surface area contributed by atoms with E-state index in [-0.39, 0.29) is 36.3 Å². The maximum absolute atomic E-state index is 14.1. The fourth-order valence-corrected chi connectivity index (χ4v) is 3.61. The molecule has 6 heteroatoms. The molecule has 0 aromatic heterocycles. The van der Waals surface area contributed by atoms with Gasteiger partial charge < -0.3 is 5.73 Å². The summed E-state index contributed by atoms with van der Waals surface area (Å²) in [7, 11) is 0. The van der Waals surface area contributed by atoms with E-state index in [1.807, 2.05) is 12.1 Å². The van der Waals surface area contributed by atoms with E-state index in [1.54, 1.807) is 6.07 Å². The number of nitrogens with one attached hydrogen (secondary N) is 2. The van der Waals surface area contributed by atoms with Gasteiger partial charge in [-0.05, 0) is 31.0 Å². The largest absolute Gasteiger partial charge is 0.369 e. The number of carbonyl (C=O) groups excluding carboxylic acids is 1. The van der Waals surface area contributed by atoms with Crippen molar-refractivity contribution in [1.82, 2.24) is 15.8 Å². The zero-order chi connectivity index (χ0) is 14.8. The smallest absolute Gasteiger partial charge is 0.231 e. The molecular weight excluding hydrogens is 271 g/mol. The van der Waals surface area contributed by atoms with Crippen LogP contribution in [0.2, 0.25) is 0 Å². The number of nitrogens with two attached hydrogens (primary N) is 1. The summed E-state index contributed by atoms with van der Waals surface area (Å²) in [5, 5.41) is 0. The van der Waals surface area contributed by atoms with Crippen molar-refractivity contribution in [2.45, 2.75) is 30.8 Å². The molecule has 3 atom stereocenters. The number of hydrogen-bond donors (Lipinski definition) is 3. The van der Waals surface area contributed by atoms with Crippen LogP contribution >= 0.6 is 0 Å². The first-order chi connectivity index (χ1) is 10.2. The second kappa shape index (κ2) is 6.09. The highest BCUT2D eigenvalue weighted by atomic mass is 19.1. The summed E-state index contributed by atoms with van der Waals surface area (Å²) in [4.78, 5) is 13.3. The third-order valence-electron chi connectivity index (χ3n) is 4.52. The van der Waals surface area contributed by atoms with Gasteiger partial charge in [0.1, 0.15) is 5.82 Å². The predicted octanol–water partition coefficient (Wildman–Crippen LogP) is 0.335. The molecule has 2 aliphatic heterocycles. The van der Waals surface area contributed by atoms with Gasteiger partial charge in [0.25, 0.3) is 0 Å². The summed E-state index contributed by atoms with van der Waals surface area (Å²) in [6.45, 7) is 1.83. The van der Waals surface area contributed by atoms with E-state index in [1.165, 1.54) is 6.07 Å². The monoisotopic (exact) mass is 292 g/mol. The summed E-state index contributed by atoms with van der Waals surface area (Å²) in [6, 6.07) is 7.21. The number of primary amides is 1. The third kappa shape index (κ3) is 2.92. The molecule has 0 aliphatic carbocycles. The molecule has 4 N–H and O–H groups in total. The van der Waals surface area contributed by atoms with Crippen molar-refractivity contribution in [3.63, 3.8) is 0 Å². The van der Waals surface area contributed by atoms with Crippen LogP contribution in [0.5, 0.6) is 0 Å². The highest BCUT2D eigenvalue weighted by molar-refractivity contribution is 5.76. The van der Waals surface area contributed by atoms with E-state index in [4.69, 9.17) is 5.73 Å². The molecule has 0 radical (unpaired) electrons. The minimum absolute atomic E-state index is 0.0599. The number of halogens is 1. The molecule has 1 amide bonds. The maximum Gasteiger partial charge on any atom is 0.231 e. The fraction of sp³-hybridized carbons (Fsp3) is 0.533. The van der Waals surface area contributed by atoms with Crippen LogP contribution in [0.4, 0.5) is 4.39 Å². The van der Waals surface area contributed by atoms with E-state index in [0.717, 1.165) is 24.9 Å². The Bertz CT molecular complexity index is 524. The minimum atomic E-state index is -0.310. The lowest BCUT2D eigenvalue weighted by Gasteiger charge is -2.31. The van der Waals surface area contributed by atoms with Crippen molar-refractivity contribution >= 4 is 5.91 Å². The number of nitrogens with zero attached hydrogens (tertiary/aromatic N) is 1. The van der Waals surface area contributed by atoms with Gasteiger partial charge in [-0.2, -0.15) is 0 Å². The van der Waals surface area contributed by atoms with Gasteiger partial charge in [0.2, 0.25) is 5.91 Å². The molecule has 1 aromatic carbocycles. The van der Waals surface area contributed by atoms with Crippen molar-refractivity contribution < 1.29 is 9.18 Å². The Morgan fingerprint density at radius 3 is 3.00 bits per heavy atom. The SMILES string of the molecule is NC(=O)CN1CCCC1C1NNCC1c1ccccc1F. The van der Waals surface area contributed by atoms with Crippen LogP contribution in [0.3, 0.4) is 0 Å². The number of rotatable bonds is 4. The zero-order valence-electron chi connectivity index (χ0n) is 11.9. The molecule has 2 fully saturated rings. The van der Waals surface area contributed by atoms with Crippen LogP contribution in [0, 0.1) is 5.82 Å².